The van der Waals surface area contributed by atoms with E-state index >= 15 is 0 Å². The molecule has 1 N–H and O–H groups in total. The topological polar surface area (TPSA) is 44.8 Å². The predicted molar refractivity (Wildman–Crippen MR) is 77.6 cm³/mol. The summed E-state index contributed by atoms with van der Waals surface area (Å²) in [6.07, 6.45) is 4.51. The molecular formula is C15H27N3O2. The number of rotatable bonds is 2. The highest BCUT2D eigenvalue weighted by atomic mass is 16.5. The smallest absolute Gasteiger partial charge is 0.227 e. The standard InChI is InChI=1S/C15H27N3O2/c19-15(13-2-1-5-16-12-13)18-8-6-17(7-9-18)14-3-10-20-11-4-14/h13-14,16H,1-12H2. The first-order valence-electron chi connectivity index (χ1n) is 8.16. The third kappa shape index (κ3) is 3.32. The molecule has 0 radical (unpaired) electrons. The van der Waals surface area contributed by atoms with Gasteiger partial charge >= 0.3 is 0 Å². The predicted octanol–water partition coefficient (Wildman–Crippen LogP) is 0.309. The molecule has 5 heteroatoms. The van der Waals surface area contributed by atoms with Crippen molar-refractivity contribution in [2.75, 3.05) is 52.5 Å². The molecule has 20 heavy (non-hydrogen) atoms. The lowest BCUT2D eigenvalue weighted by Gasteiger charge is -2.41. The van der Waals surface area contributed by atoms with Gasteiger partial charge in [-0.15, -0.1) is 0 Å². The first-order chi connectivity index (χ1) is 9.84. The van der Waals surface area contributed by atoms with Crippen LogP contribution in [0.25, 0.3) is 0 Å². The van der Waals surface area contributed by atoms with Crippen molar-refractivity contribution in [3.8, 4) is 0 Å². The SMILES string of the molecule is O=C(C1CCCNC1)N1CCN(C2CCOCC2)CC1. The average Bonchev–Trinajstić information content (AvgIpc) is 2.56. The number of nitrogens with zero attached hydrogens (tertiary/aromatic N) is 2. The maximum absolute atomic E-state index is 12.5. The molecule has 114 valence electrons. The summed E-state index contributed by atoms with van der Waals surface area (Å²) in [5.41, 5.74) is 0. The zero-order valence-electron chi connectivity index (χ0n) is 12.4. The Kier molecular flexibility index (Phi) is 4.91. The highest BCUT2D eigenvalue weighted by Crippen LogP contribution is 2.19. The summed E-state index contributed by atoms with van der Waals surface area (Å²) in [5.74, 6) is 0.599. The van der Waals surface area contributed by atoms with Crippen LogP contribution in [0.1, 0.15) is 25.7 Å². The molecule has 0 saturated carbocycles. The van der Waals surface area contributed by atoms with Gasteiger partial charge in [-0.1, -0.05) is 0 Å². The molecule has 3 aliphatic heterocycles. The molecule has 0 aromatic carbocycles. The highest BCUT2D eigenvalue weighted by Gasteiger charge is 2.30. The average molecular weight is 281 g/mol. The van der Waals surface area contributed by atoms with Crippen molar-refractivity contribution >= 4 is 5.91 Å². The number of hydrogen-bond donors (Lipinski definition) is 1. The van der Waals surface area contributed by atoms with Gasteiger partial charge in [0.25, 0.3) is 0 Å². The monoisotopic (exact) mass is 281 g/mol. The lowest BCUT2D eigenvalue weighted by Crippen LogP contribution is -2.55. The van der Waals surface area contributed by atoms with E-state index in [1.807, 2.05) is 0 Å². The van der Waals surface area contributed by atoms with Gasteiger partial charge in [0.1, 0.15) is 0 Å². The fraction of sp³-hybridized carbons (Fsp3) is 0.933. The van der Waals surface area contributed by atoms with E-state index in [1.54, 1.807) is 0 Å². The van der Waals surface area contributed by atoms with Crippen LogP contribution in [0, 0.1) is 5.92 Å². The Morgan fingerprint density at radius 3 is 2.45 bits per heavy atom. The van der Waals surface area contributed by atoms with Gasteiger partial charge in [-0.05, 0) is 32.2 Å². The quantitative estimate of drug-likeness (QED) is 0.791. The fourth-order valence-electron chi connectivity index (χ4n) is 3.68. The van der Waals surface area contributed by atoms with Crippen LogP contribution in [0.5, 0.6) is 0 Å². The van der Waals surface area contributed by atoms with E-state index in [1.165, 1.54) is 0 Å². The van der Waals surface area contributed by atoms with Gasteiger partial charge in [-0.25, -0.2) is 0 Å². The Hall–Kier alpha value is -0.650. The van der Waals surface area contributed by atoms with Gasteiger partial charge in [0.15, 0.2) is 0 Å². The van der Waals surface area contributed by atoms with Crippen molar-refractivity contribution in [2.45, 2.75) is 31.7 Å². The van der Waals surface area contributed by atoms with Gasteiger partial charge < -0.3 is 15.0 Å². The number of piperazine rings is 1. The Morgan fingerprint density at radius 1 is 1.05 bits per heavy atom. The zero-order valence-corrected chi connectivity index (χ0v) is 12.4. The summed E-state index contributed by atoms with van der Waals surface area (Å²) in [7, 11) is 0. The number of amides is 1. The molecule has 1 amide bonds. The summed E-state index contributed by atoms with van der Waals surface area (Å²) in [6.45, 7) is 7.64. The molecule has 1 atom stereocenters. The van der Waals surface area contributed by atoms with Crippen LogP contribution in [0.2, 0.25) is 0 Å². The van der Waals surface area contributed by atoms with E-state index in [9.17, 15) is 4.79 Å². The molecule has 0 spiro atoms. The summed E-state index contributed by atoms with van der Waals surface area (Å²) < 4.78 is 5.43. The molecule has 3 fully saturated rings. The second kappa shape index (κ2) is 6.87. The lowest BCUT2D eigenvalue weighted by atomic mass is 9.97. The first kappa shape index (κ1) is 14.3. The molecule has 1 unspecified atom stereocenters. The van der Waals surface area contributed by atoms with Gasteiger partial charge in [-0.3, -0.25) is 9.69 Å². The van der Waals surface area contributed by atoms with Gasteiger partial charge in [0.05, 0.1) is 5.92 Å². The van der Waals surface area contributed by atoms with Crippen molar-refractivity contribution in [3.05, 3.63) is 0 Å². The number of carbonyl (C=O) groups is 1. The van der Waals surface area contributed by atoms with E-state index in [4.69, 9.17) is 4.74 Å². The van der Waals surface area contributed by atoms with Crippen LogP contribution >= 0.6 is 0 Å². The maximum Gasteiger partial charge on any atom is 0.227 e. The molecule has 0 aromatic heterocycles. The highest BCUT2D eigenvalue weighted by molar-refractivity contribution is 5.79. The Bertz CT molecular complexity index is 317. The number of carbonyl (C=O) groups excluding carboxylic acids is 1. The summed E-state index contributed by atoms with van der Waals surface area (Å²) in [4.78, 5) is 17.1. The zero-order chi connectivity index (χ0) is 13.8. The minimum Gasteiger partial charge on any atom is -0.381 e. The molecule has 3 saturated heterocycles. The van der Waals surface area contributed by atoms with E-state index in [2.05, 4.69) is 15.1 Å². The second-order valence-corrected chi connectivity index (χ2v) is 6.25. The minimum atomic E-state index is 0.221. The van der Waals surface area contributed by atoms with Crippen LogP contribution in [-0.4, -0.2) is 74.2 Å². The summed E-state index contributed by atoms with van der Waals surface area (Å²) >= 11 is 0. The summed E-state index contributed by atoms with van der Waals surface area (Å²) in [5, 5.41) is 3.34. The third-order valence-electron chi connectivity index (χ3n) is 4.98. The van der Waals surface area contributed by atoms with Crippen molar-refractivity contribution in [1.82, 2.24) is 15.1 Å². The molecule has 0 aromatic rings. The van der Waals surface area contributed by atoms with Gasteiger partial charge in [-0.2, -0.15) is 0 Å². The van der Waals surface area contributed by atoms with Crippen molar-refractivity contribution in [3.63, 3.8) is 0 Å². The lowest BCUT2D eigenvalue weighted by molar-refractivity contribution is -0.138. The Balaban J connectivity index is 1.46. The molecule has 0 aliphatic carbocycles. The van der Waals surface area contributed by atoms with Crippen LogP contribution in [0.15, 0.2) is 0 Å². The minimum absolute atomic E-state index is 0.221. The van der Waals surface area contributed by atoms with Crippen molar-refractivity contribution in [1.29, 1.82) is 0 Å². The fourth-order valence-corrected chi connectivity index (χ4v) is 3.68. The summed E-state index contributed by atoms with van der Waals surface area (Å²) in [6, 6.07) is 0.678. The normalized spacial score (nSPS) is 30.4. The van der Waals surface area contributed by atoms with E-state index < -0.39 is 0 Å². The molecule has 3 aliphatic rings. The van der Waals surface area contributed by atoms with E-state index in [-0.39, 0.29) is 5.92 Å². The number of piperidine rings is 1. The number of nitrogens with one attached hydrogen (secondary N) is 1. The Morgan fingerprint density at radius 2 is 1.80 bits per heavy atom. The number of ether oxygens (including phenoxy) is 1. The maximum atomic E-state index is 12.5. The first-order valence-corrected chi connectivity index (χ1v) is 8.16. The molecule has 0 bridgehead atoms. The number of hydrogen-bond acceptors (Lipinski definition) is 4. The van der Waals surface area contributed by atoms with Crippen LogP contribution in [0.4, 0.5) is 0 Å². The van der Waals surface area contributed by atoms with Crippen LogP contribution in [0.3, 0.4) is 0 Å². The van der Waals surface area contributed by atoms with Gasteiger partial charge in [0.2, 0.25) is 5.91 Å². The van der Waals surface area contributed by atoms with Crippen molar-refractivity contribution in [2.24, 2.45) is 5.92 Å². The second-order valence-electron chi connectivity index (χ2n) is 6.25. The van der Waals surface area contributed by atoms with Crippen LogP contribution < -0.4 is 5.32 Å². The van der Waals surface area contributed by atoms with E-state index in [0.29, 0.717) is 11.9 Å². The molecule has 5 nitrogen and oxygen atoms in total. The molecule has 3 heterocycles. The third-order valence-corrected chi connectivity index (χ3v) is 4.98. The van der Waals surface area contributed by atoms with Crippen LogP contribution in [-0.2, 0) is 9.53 Å². The van der Waals surface area contributed by atoms with Gasteiger partial charge in [0, 0.05) is 52.0 Å². The van der Waals surface area contributed by atoms with Crippen molar-refractivity contribution < 1.29 is 9.53 Å². The largest absolute Gasteiger partial charge is 0.381 e. The molecular weight excluding hydrogens is 254 g/mol. The molecule has 3 rings (SSSR count). The Labute approximate surface area is 121 Å². The van der Waals surface area contributed by atoms with E-state index in [0.717, 1.165) is 78.2 Å².